The van der Waals surface area contributed by atoms with Crippen molar-refractivity contribution in [2.24, 2.45) is 13.0 Å². The largest absolute Gasteiger partial charge is 0.463 e. The van der Waals surface area contributed by atoms with Crippen LogP contribution in [0, 0.1) is 12.8 Å². The van der Waals surface area contributed by atoms with Crippen LogP contribution in [0.15, 0.2) is 74.9 Å². The van der Waals surface area contributed by atoms with Gasteiger partial charge in [0.25, 0.3) is 11.1 Å². The second-order valence-electron chi connectivity index (χ2n) is 7.54. The molecule has 164 valence electrons. The van der Waals surface area contributed by atoms with E-state index in [1.807, 2.05) is 30.3 Å². The molecular weight excluding hydrogens is 410 g/mol. The van der Waals surface area contributed by atoms with E-state index in [0.717, 1.165) is 0 Å². The molecule has 0 bridgehead atoms. The summed E-state index contributed by atoms with van der Waals surface area (Å²) in [5, 5.41) is 7.03. The topological polar surface area (TPSA) is 104 Å². The molecule has 9 heteroatoms. The lowest BCUT2D eigenvalue weighted by atomic mass is 10.1. The number of furan rings is 1. The van der Waals surface area contributed by atoms with Crippen LogP contribution in [0.3, 0.4) is 0 Å². The minimum atomic E-state index is -0.615. The van der Waals surface area contributed by atoms with Crippen molar-refractivity contribution in [2.75, 3.05) is 5.32 Å². The van der Waals surface area contributed by atoms with E-state index in [0.29, 0.717) is 22.8 Å². The fourth-order valence-corrected chi connectivity index (χ4v) is 3.44. The van der Waals surface area contributed by atoms with Gasteiger partial charge >= 0.3 is 0 Å². The third-order valence-electron chi connectivity index (χ3n) is 5.34. The maximum atomic E-state index is 13.0. The van der Waals surface area contributed by atoms with Crippen molar-refractivity contribution < 1.29 is 9.21 Å². The quantitative estimate of drug-likeness (QED) is 0.503. The van der Waals surface area contributed by atoms with E-state index in [1.54, 1.807) is 43.8 Å². The van der Waals surface area contributed by atoms with Gasteiger partial charge in [-0.15, -0.1) is 0 Å². The van der Waals surface area contributed by atoms with Gasteiger partial charge in [0, 0.05) is 13.1 Å². The van der Waals surface area contributed by atoms with Gasteiger partial charge in [0.05, 0.1) is 30.1 Å². The van der Waals surface area contributed by atoms with Gasteiger partial charge in [-0.1, -0.05) is 25.1 Å². The van der Waals surface area contributed by atoms with E-state index in [9.17, 15) is 14.4 Å². The standard InChI is InChI=1S/C23H23N5O4/c1-15(14-27-20(29)12-11-18(25-27)19-10-7-13-32-19)22(30)24-21-16(2)26(3)28(23(21)31)17-8-5-4-6-9-17/h4-13,15H,14H2,1-3H3,(H,24,30)/t15-/m1/s1. The first-order chi connectivity index (χ1) is 15.4. The highest BCUT2D eigenvalue weighted by Gasteiger charge is 2.22. The molecule has 3 aromatic heterocycles. The van der Waals surface area contributed by atoms with Crippen LogP contribution >= 0.6 is 0 Å². The van der Waals surface area contributed by atoms with Gasteiger partial charge in [0.2, 0.25) is 5.91 Å². The van der Waals surface area contributed by atoms with E-state index in [2.05, 4.69) is 10.4 Å². The van der Waals surface area contributed by atoms with Gasteiger partial charge in [0.15, 0.2) is 5.76 Å². The third kappa shape index (κ3) is 3.92. The van der Waals surface area contributed by atoms with E-state index < -0.39 is 5.92 Å². The molecule has 0 fully saturated rings. The summed E-state index contributed by atoms with van der Waals surface area (Å²) in [4.78, 5) is 38.1. The predicted molar refractivity (Wildman–Crippen MR) is 120 cm³/mol. The molecule has 4 rings (SSSR count). The zero-order valence-corrected chi connectivity index (χ0v) is 18.0. The summed E-state index contributed by atoms with van der Waals surface area (Å²) in [6.45, 7) is 3.50. The van der Waals surface area contributed by atoms with Crippen LogP contribution < -0.4 is 16.4 Å². The number of para-hydroxylation sites is 1. The Labute approximate surface area is 183 Å². The number of hydrogen-bond donors (Lipinski definition) is 1. The number of hydrogen-bond acceptors (Lipinski definition) is 5. The first-order valence-corrected chi connectivity index (χ1v) is 10.1. The lowest BCUT2D eigenvalue weighted by Gasteiger charge is -2.13. The number of carbonyl (C=O) groups is 1. The molecule has 4 aromatic rings. The van der Waals surface area contributed by atoms with E-state index in [4.69, 9.17) is 4.42 Å². The van der Waals surface area contributed by atoms with Crippen LogP contribution in [0.2, 0.25) is 0 Å². The summed E-state index contributed by atoms with van der Waals surface area (Å²) in [5.41, 5.74) is 1.36. The van der Waals surface area contributed by atoms with Crippen molar-refractivity contribution in [1.82, 2.24) is 19.1 Å². The molecule has 0 saturated carbocycles. The Morgan fingerprint density at radius 1 is 1.09 bits per heavy atom. The number of rotatable bonds is 6. The number of benzene rings is 1. The van der Waals surface area contributed by atoms with Crippen LogP contribution in [0.5, 0.6) is 0 Å². The molecule has 0 aliphatic rings. The fraction of sp³-hybridized carbons (Fsp3) is 0.217. The summed E-state index contributed by atoms with van der Waals surface area (Å²) in [7, 11) is 1.76. The Kier molecular flexibility index (Phi) is 5.63. The average Bonchev–Trinajstić information content (AvgIpc) is 3.40. The van der Waals surface area contributed by atoms with Gasteiger partial charge in [-0.25, -0.2) is 9.36 Å². The van der Waals surface area contributed by atoms with E-state index in [1.165, 1.54) is 21.7 Å². The van der Waals surface area contributed by atoms with Crippen LogP contribution in [0.1, 0.15) is 12.6 Å². The molecule has 0 saturated heterocycles. The maximum Gasteiger partial charge on any atom is 0.295 e. The van der Waals surface area contributed by atoms with Crippen LogP contribution in [-0.2, 0) is 18.4 Å². The number of nitrogens with one attached hydrogen (secondary N) is 1. The Morgan fingerprint density at radius 2 is 1.84 bits per heavy atom. The molecule has 9 nitrogen and oxygen atoms in total. The molecule has 0 spiro atoms. The minimum Gasteiger partial charge on any atom is -0.463 e. The van der Waals surface area contributed by atoms with Gasteiger partial charge in [-0.3, -0.25) is 19.1 Å². The van der Waals surface area contributed by atoms with E-state index in [-0.39, 0.29) is 29.3 Å². The predicted octanol–water partition coefficient (Wildman–Crippen LogP) is 2.58. The van der Waals surface area contributed by atoms with Crippen molar-refractivity contribution in [3.63, 3.8) is 0 Å². The monoisotopic (exact) mass is 433 g/mol. The SMILES string of the molecule is Cc1c(NC(=O)[C@H](C)Cn2nc(-c3ccco3)ccc2=O)c(=O)n(-c2ccccc2)n1C. The molecule has 0 aliphatic heterocycles. The summed E-state index contributed by atoms with van der Waals surface area (Å²) in [5.74, 6) is -0.471. The molecule has 3 heterocycles. The smallest absolute Gasteiger partial charge is 0.295 e. The Bertz CT molecular complexity index is 1360. The van der Waals surface area contributed by atoms with Crippen molar-refractivity contribution in [3.05, 3.63) is 87.3 Å². The van der Waals surface area contributed by atoms with Crippen LogP contribution in [0.25, 0.3) is 17.1 Å². The maximum absolute atomic E-state index is 13.0. The van der Waals surface area contributed by atoms with Crippen molar-refractivity contribution in [3.8, 4) is 17.1 Å². The first-order valence-electron chi connectivity index (χ1n) is 10.1. The van der Waals surface area contributed by atoms with Crippen molar-refractivity contribution in [2.45, 2.75) is 20.4 Å². The highest BCUT2D eigenvalue weighted by Crippen LogP contribution is 2.17. The minimum absolute atomic E-state index is 0.0535. The molecule has 1 N–H and O–H groups in total. The first kappa shape index (κ1) is 21.1. The molecule has 1 aromatic carbocycles. The van der Waals surface area contributed by atoms with Gasteiger partial charge in [0.1, 0.15) is 11.4 Å². The lowest BCUT2D eigenvalue weighted by molar-refractivity contribution is -0.119. The van der Waals surface area contributed by atoms with E-state index >= 15 is 0 Å². The van der Waals surface area contributed by atoms with Gasteiger partial charge in [-0.05, 0) is 37.3 Å². The van der Waals surface area contributed by atoms with Gasteiger partial charge in [-0.2, -0.15) is 5.10 Å². The number of carbonyl (C=O) groups excluding carboxylic acids is 1. The average molecular weight is 433 g/mol. The summed E-state index contributed by atoms with van der Waals surface area (Å²) in [6.07, 6.45) is 1.52. The molecule has 32 heavy (non-hydrogen) atoms. The number of nitrogens with zero attached hydrogens (tertiary/aromatic N) is 4. The highest BCUT2D eigenvalue weighted by atomic mass is 16.3. The zero-order valence-electron chi connectivity index (χ0n) is 18.0. The molecule has 0 unspecified atom stereocenters. The second kappa shape index (κ2) is 8.54. The zero-order chi connectivity index (χ0) is 22.8. The van der Waals surface area contributed by atoms with Crippen LogP contribution in [0.4, 0.5) is 5.69 Å². The third-order valence-corrected chi connectivity index (χ3v) is 5.34. The molecule has 0 aliphatic carbocycles. The summed E-state index contributed by atoms with van der Waals surface area (Å²) < 4.78 is 9.74. The van der Waals surface area contributed by atoms with Crippen molar-refractivity contribution in [1.29, 1.82) is 0 Å². The molecule has 1 amide bonds. The highest BCUT2D eigenvalue weighted by molar-refractivity contribution is 5.92. The Balaban J connectivity index is 1.56. The fourth-order valence-electron chi connectivity index (χ4n) is 3.44. The summed E-state index contributed by atoms with van der Waals surface area (Å²) in [6, 6.07) is 15.6. The Hall–Kier alpha value is -4.14. The normalized spacial score (nSPS) is 12.0. The van der Waals surface area contributed by atoms with Gasteiger partial charge < -0.3 is 9.73 Å². The van der Waals surface area contributed by atoms with Crippen LogP contribution in [-0.4, -0.2) is 25.1 Å². The number of anilines is 1. The summed E-state index contributed by atoms with van der Waals surface area (Å²) >= 11 is 0. The van der Waals surface area contributed by atoms with Crippen molar-refractivity contribution >= 4 is 11.6 Å². The Morgan fingerprint density at radius 3 is 2.53 bits per heavy atom. The lowest BCUT2D eigenvalue weighted by Crippen LogP contribution is -2.32. The number of amides is 1. The molecule has 0 radical (unpaired) electrons. The molecular formula is C23H23N5O4. The molecule has 1 atom stereocenters. The second-order valence-corrected chi connectivity index (χ2v) is 7.54. The number of aromatic nitrogens is 4.